The van der Waals surface area contributed by atoms with Crippen LogP contribution in [0.5, 0.6) is 0 Å². The van der Waals surface area contributed by atoms with Gasteiger partial charge in [0.05, 0.1) is 25.4 Å². The van der Waals surface area contributed by atoms with Crippen LogP contribution in [0.4, 0.5) is 10.1 Å². The number of benzene rings is 1. The van der Waals surface area contributed by atoms with Crippen LogP contribution in [0.1, 0.15) is 6.92 Å². The SMILES string of the molecule is CCOC(=O)CN(C)CC(=O)Nc1ccc(Cl)cc1F. The highest BCUT2D eigenvalue weighted by molar-refractivity contribution is 6.30. The Balaban J connectivity index is 2.49. The van der Waals surface area contributed by atoms with Crippen LogP contribution in [0.2, 0.25) is 5.02 Å². The summed E-state index contributed by atoms with van der Waals surface area (Å²) in [7, 11) is 1.59. The Kier molecular flexibility index (Phi) is 6.41. The Morgan fingerprint density at radius 1 is 1.40 bits per heavy atom. The highest BCUT2D eigenvalue weighted by Crippen LogP contribution is 2.18. The fourth-order valence-electron chi connectivity index (χ4n) is 1.51. The summed E-state index contributed by atoms with van der Waals surface area (Å²) in [4.78, 5) is 24.4. The monoisotopic (exact) mass is 302 g/mol. The van der Waals surface area contributed by atoms with E-state index >= 15 is 0 Å². The number of carbonyl (C=O) groups excluding carboxylic acids is 2. The molecule has 0 saturated heterocycles. The predicted octanol–water partition coefficient (Wildman–Crippen LogP) is 1.91. The largest absolute Gasteiger partial charge is 0.465 e. The van der Waals surface area contributed by atoms with Crippen LogP contribution < -0.4 is 5.32 Å². The zero-order chi connectivity index (χ0) is 15.1. The van der Waals surface area contributed by atoms with E-state index in [-0.39, 0.29) is 30.4 Å². The van der Waals surface area contributed by atoms with E-state index in [1.54, 1.807) is 14.0 Å². The lowest BCUT2D eigenvalue weighted by Crippen LogP contribution is -2.34. The molecule has 0 aliphatic heterocycles. The summed E-state index contributed by atoms with van der Waals surface area (Å²) in [5, 5.41) is 2.66. The molecule has 0 aliphatic carbocycles. The second-order valence-electron chi connectivity index (χ2n) is 4.15. The zero-order valence-electron chi connectivity index (χ0n) is 11.3. The van der Waals surface area contributed by atoms with Crippen molar-refractivity contribution in [2.75, 3.05) is 32.1 Å². The van der Waals surface area contributed by atoms with Crippen molar-refractivity contribution < 1.29 is 18.7 Å². The second-order valence-corrected chi connectivity index (χ2v) is 4.59. The molecule has 1 aromatic rings. The molecule has 7 heteroatoms. The number of amides is 1. The zero-order valence-corrected chi connectivity index (χ0v) is 12.0. The summed E-state index contributed by atoms with van der Waals surface area (Å²) >= 11 is 5.61. The van der Waals surface area contributed by atoms with Crippen LogP contribution in [0.3, 0.4) is 0 Å². The third-order valence-corrected chi connectivity index (χ3v) is 2.56. The standard InChI is InChI=1S/C13H16ClFN2O3/c1-3-20-13(19)8-17(2)7-12(18)16-11-5-4-9(14)6-10(11)15/h4-6H,3,7-8H2,1-2H3,(H,16,18). The number of nitrogens with one attached hydrogen (secondary N) is 1. The van der Waals surface area contributed by atoms with Gasteiger partial charge in [-0.05, 0) is 32.2 Å². The van der Waals surface area contributed by atoms with Gasteiger partial charge < -0.3 is 10.1 Å². The Labute approximate surface area is 121 Å². The van der Waals surface area contributed by atoms with Gasteiger partial charge in [-0.15, -0.1) is 0 Å². The van der Waals surface area contributed by atoms with Crippen molar-refractivity contribution in [1.29, 1.82) is 0 Å². The summed E-state index contributed by atoms with van der Waals surface area (Å²) in [5.74, 6) is -1.46. The molecule has 0 aliphatic rings. The van der Waals surface area contributed by atoms with Crippen LogP contribution in [-0.4, -0.2) is 43.5 Å². The molecule has 110 valence electrons. The van der Waals surface area contributed by atoms with Gasteiger partial charge in [0.15, 0.2) is 0 Å². The number of anilines is 1. The first kappa shape index (κ1) is 16.4. The Morgan fingerprint density at radius 2 is 2.10 bits per heavy atom. The molecular weight excluding hydrogens is 287 g/mol. The van der Waals surface area contributed by atoms with E-state index in [4.69, 9.17) is 16.3 Å². The third-order valence-electron chi connectivity index (χ3n) is 2.32. The molecule has 0 unspecified atom stereocenters. The minimum atomic E-state index is -0.612. The first-order valence-corrected chi connectivity index (χ1v) is 6.39. The molecule has 20 heavy (non-hydrogen) atoms. The first-order chi connectivity index (χ1) is 9.42. The first-order valence-electron chi connectivity index (χ1n) is 6.01. The van der Waals surface area contributed by atoms with Crippen LogP contribution in [-0.2, 0) is 14.3 Å². The normalized spacial score (nSPS) is 10.4. The maximum Gasteiger partial charge on any atom is 0.320 e. The van der Waals surface area contributed by atoms with E-state index in [0.717, 1.165) is 6.07 Å². The number of esters is 1. The molecule has 5 nitrogen and oxygen atoms in total. The molecule has 0 fully saturated rings. The molecule has 0 bridgehead atoms. The quantitative estimate of drug-likeness (QED) is 0.816. The van der Waals surface area contributed by atoms with E-state index in [2.05, 4.69) is 5.32 Å². The van der Waals surface area contributed by atoms with Gasteiger partial charge in [-0.1, -0.05) is 11.6 Å². The Morgan fingerprint density at radius 3 is 2.70 bits per heavy atom. The molecule has 0 radical (unpaired) electrons. The van der Waals surface area contributed by atoms with Crippen LogP contribution in [0.15, 0.2) is 18.2 Å². The van der Waals surface area contributed by atoms with E-state index in [9.17, 15) is 14.0 Å². The average molecular weight is 303 g/mol. The lowest BCUT2D eigenvalue weighted by Gasteiger charge is -2.15. The summed E-state index contributed by atoms with van der Waals surface area (Å²) in [5.41, 5.74) is 0.0453. The summed E-state index contributed by atoms with van der Waals surface area (Å²) in [6, 6.07) is 3.96. The molecule has 1 amide bonds. The van der Waals surface area contributed by atoms with Crippen molar-refractivity contribution >= 4 is 29.2 Å². The maximum atomic E-state index is 13.5. The summed E-state index contributed by atoms with van der Waals surface area (Å²) in [6.45, 7) is 1.92. The second kappa shape index (κ2) is 7.81. The number of hydrogen-bond donors (Lipinski definition) is 1. The molecule has 1 aromatic carbocycles. The van der Waals surface area contributed by atoms with Gasteiger partial charge >= 0.3 is 5.97 Å². The van der Waals surface area contributed by atoms with Gasteiger partial charge in [-0.3, -0.25) is 14.5 Å². The smallest absolute Gasteiger partial charge is 0.320 e. The molecule has 0 saturated carbocycles. The highest BCUT2D eigenvalue weighted by atomic mass is 35.5. The number of hydrogen-bond acceptors (Lipinski definition) is 4. The van der Waals surface area contributed by atoms with Crippen LogP contribution >= 0.6 is 11.6 Å². The lowest BCUT2D eigenvalue weighted by atomic mass is 10.3. The number of nitrogens with zero attached hydrogens (tertiary/aromatic N) is 1. The summed E-state index contributed by atoms with van der Waals surface area (Å²) < 4.78 is 18.2. The molecular formula is C13H16ClFN2O3. The van der Waals surface area contributed by atoms with Gasteiger partial charge in [-0.2, -0.15) is 0 Å². The average Bonchev–Trinajstić information content (AvgIpc) is 2.32. The van der Waals surface area contributed by atoms with Crippen molar-refractivity contribution in [1.82, 2.24) is 4.90 Å². The number of likely N-dealkylation sites (N-methyl/N-ethyl adjacent to an activating group) is 1. The van der Waals surface area contributed by atoms with E-state index in [1.165, 1.54) is 17.0 Å². The highest BCUT2D eigenvalue weighted by Gasteiger charge is 2.13. The molecule has 0 atom stereocenters. The van der Waals surface area contributed by atoms with E-state index in [1.807, 2.05) is 0 Å². The molecule has 0 heterocycles. The van der Waals surface area contributed by atoms with Gasteiger partial charge in [0.1, 0.15) is 5.82 Å². The molecule has 0 spiro atoms. The predicted molar refractivity (Wildman–Crippen MR) is 74.2 cm³/mol. The number of halogens is 2. The van der Waals surface area contributed by atoms with Crippen LogP contribution in [0.25, 0.3) is 0 Å². The van der Waals surface area contributed by atoms with Crippen molar-refractivity contribution in [3.05, 3.63) is 29.0 Å². The van der Waals surface area contributed by atoms with Gasteiger partial charge in [-0.25, -0.2) is 4.39 Å². The van der Waals surface area contributed by atoms with Crippen molar-refractivity contribution in [3.63, 3.8) is 0 Å². The fraction of sp³-hybridized carbons (Fsp3) is 0.385. The number of rotatable bonds is 6. The molecule has 1 rings (SSSR count). The Hall–Kier alpha value is -1.66. The van der Waals surface area contributed by atoms with Gasteiger partial charge in [0.25, 0.3) is 0 Å². The minimum Gasteiger partial charge on any atom is -0.465 e. The molecule has 1 N–H and O–H groups in total. The topological polar surface area (TPSA) is 58.6 Å². The minimum absolute atomic E-state index is 0.00956. The van der Waals surface area contributed by atoms with Gasteiger partial charge in [0.2, 0.25) is 5.91 Å². The summed E-state index contributed by atoms with van der Waals surface area (Å²) in [6.07, 6.45) is 0. The van der Waals surface area contributed by atoms with Crippen molar-refractivity contribution in [2.24, 2.45) is 0 Å². The maximum absolute atomic E-state index is 13.5. The number of carbonyl (C=O) groups is 2. The van der Waals surface area contributed by atoms with Crippen molar-refractivity contribution in [2.45, 2.75) is 6.92 Å². The van der Waals surface area contributed by atoms with Crippen LogP contribution in [0, 0.1) is 5.82 Å². The van der Waals surface area contributed by atoms with E-state index < -0.39 is 17.7 Å². The molecule has 0 aromatic heterocycles. The fourth-order valence-corrected chi connectivity index (χ4v) is 1.67. The lowest BCUT2D eigenvalue weighted by molar-refractivity contribution is -0.144. The number of ether oxygens (including phenoxy) is 1. The van der Waals surface area contributed by atoms with Gasteiger partial charge in [0, 0.05) is 5.02 Å². The van der Waals surface area contributed by atoms with E-state index in [0.29, 0.717) is 0 Å². The van der Waals surface area contributed by atoms with Crippen molar-refractivity contribution in [3.8, 4) is 0 Å². The third kappa shape index (κ3) is 5.54. The Bertz CT molecular complexity index is 497.